The largest absolute Gasteiger partial charge is 0.465 e. The number of hydrogen-bond donors (Lipinski definition) is 0. The maximum Gasteiger partial charge on any atom is 0.308 e. The summed E-state index contributed by atoms with van der Waals surface area (Å²) in [5.74, 6) is -0.298. The standard InChI is InChI=1S/C24H44O4/c1-7-9-15-23(3,4)17-27-21(25)19-11-13-20(14-12-19)22(26)28-18-24(5,6)16-10-8-2/h19-20H,7-18H2,1-6H3. The van der Waals surface area contributed by atoms with Crippen LogP contribution < -0.4 is 0 Å². The molecule has 0 atom stereocenters. The third-order valence-electron chi connectivity index (χ3n) is 6.02. The highest BCUT2D eigenvalue weighted by Crippen LogP contribution is 2.32. The molecule has 1 aliphatic rings. The number of unbranched alkanes of at least 4 members (excludes halogenated alkanes) is 2. The Hall–Kier alpha value is -1.06. The molecule has 0 aromatic rings. The van der Waals surface area contributed by atoms with E-state index in [1.807, 2.05) is 0 Å². The van der Waals surface area contributed by atoms with Gasteiger partial charge >= 0.3 is 11.9 Å². The normalized spacial score (nSPS) is 20.6. The van der Waals surface area contributed by atoms with Crippen LogP contribution in [0.15, 0.2) is 0 Å². The van der Waals surface area contributed by atoms with E-state index in [4.69, 9.17) is 9.47 Å². The average molecular weight is 397 g/mol. The predicted octanol–water partition coefficient (Wildman–Crippen LogP) is 6.31. The van der Waals surface area contributed by atoms with Gasteiger partial charge in [-0.15, -0.1) is 0 Å². The molecule has 0 spiro atoms. The Morgan fingerprint density at radius 1 is 0.714 bits per heavy atom. The van der Waals surface area contributed by atoms with E-state index in [-0.39, 0.29) is 34.6 Å². The number of carbonyl (C=O) groups is 2. The molecule has 0 aliphatic heterocycles. The molecule has 0 aromatic carbocycles. The van der Waals surface area contributed by atoms with E-state index in [0.717, 1.165) is 64.2 Å². The summed E-state index contributed by atoms with van der Waals surface area (Å²) in [5, 5.41) is 0. The molecule has 0 saturated heterocycles. The zero-order chi connectivity index (χ0) is 21.2. The Kier molecular flexibility index (Phi) is 10.5. The second kappa shape index (κ2) is 11.8. The van der Waals surface area contributed by atoms with E-state index in [1.54, 1.807) is 0 Å². The fourth-order valence-electron chi connectivity index (χ4n) is 3.79. The van der Waals surface area contributed by atoms with E-state index >= 15 is 0 Å². The third kappa shape index (κ3) is 9.43. The zero-order valence-corrected chi connectivity index (χ0v) is 19.3. The molecule has 164 valence electrons. The van der Waals surface area contributed by atoms with Crippen LogP contribution in [0.2, 0.25) is 0 Å². The molecular formula is C24H44O4. The highest BCUT2D eigenvalue weighted by atomic mass is 16.5. The van der Waals surface area contributed by atoms with Crippen LogP contribution in [0.4, 0.5) is 0 Å². The summed E-state index contributed by atoms with van der Waals surface area (Å²) >= 11 is 0. The van der Waals surface area contributed by atoms with Crippen molar-refractivity contribution in [3.05, 3.63) is 0 Å². The van der Waals surface area contributed by atoms with Crippen molar-refractivity contribution in [1.82, 2.24) is 0 Å². The van der Waals surface area contributed by atoms with Crippen LogP contribution >= 0.6 is 0 Å². The minimum absolute atomic E-state index is 0.0389. The first-order chi connectivity index (χ1) is 13.1. The first kappa shape index (κ1) is 25.0. The summed E-state index contributed by atoms with van der Waals surface area (Å²) < 4.78 is 11.2. The van der Waals surface area contributed by atoms with Crippen LogP contribution in [-0.4, -0.2) is 25.2 Å². The molecule has 4 heteroatoms. The lowest BCUT2D eigenvalue weighted by Crippen LogP contribution is -2.31. The molecule has 0 N–H and O–H groups in total. The summed E-state index contributed by atoms with van der Waals surface area (Å²) in [5.41, 5.74) is 0.0779. The molecule has 28 heavy (non-hydrogen) atoms. The number of esters is 2. The molecule has 0 heterocycles. The van der Waals surface area contributed by atoms with Gasteiger partial charge in [-0.2, -0.15) is 0 Å². The minimum Gasteiger partial charge on any atom is -0.465 e. The van der Waals surface area contributed by atoms with Crippen LogP contribution in [0.5, 0.6) is 0 Å². The second-order valence-corrected chi connectivity index (χ2v) is 10.3. The van der Waals surface area contributed by atoms with E-state index < -0.39 is 0 Å². The summed E-state index contributed by atoms with van der Waals surface area (Å²) in [6.07, 6.45) is 9.70. The van der Waals surface area contributed by atoms with Crippen molar-refractivity contribution in [2.75, 3.05) is 13.2 Å². The maximum absolute atomic E-state index is 12.4. The van der Waals surface area contributed by atoms with Gasteiger partial charge in [-0.1, -0.05) is 67.2 Å². The van der Waals surface area contributed by atoms with Gasteiger partial charge < -0.3 is 9.47 Å². The zero-order valence-electron chi connectivity index (χ0n) is 19.3. The summed E-state index contributed by atoms with van der Waals surface area (Å²) in [4.78, 5) is 24.8. The Morgan fingerprint density at radius 3 is 1.32 bits per heavy atom. The van der Waals surface area contributed by atoms with Gasteiger partial charge in [-0.3, -0.25) is 9.59 Å². The number of rotatable bonds is 12. The third-order valence-corrected chi connectivity index (χ3v) is 6.02. The van der Waals surface area contributed by atoms with Gasteiger partial charge in [-0.05, 0) is 49.4 Å². The summed E-state index contributed by atoms with van der Waals surface area (Å²) in [7, 11) is 0. The molecule has 0 aromatic heterocycles. The van der Waals surface area contributed by atoms with Crippen molar-refractivity contribution in [2.45, 2.75) is 106 Å². The lowest BCUT2D eigenvalue weighted by molar-refractivity contribution is -0.158. The van der Waals surface area contributed by atoms with Crippen LogP contribution in [-0.2, 0) is 19.1 Å². The molecule has 0 amide bonds. The van der Waals surface area contributed by atoms with E-state index in [9.17, 15) is 9.59 Å². The van der Waals surface area contributed by atoms with Crippen LogP contribution in [0, 0.1) is 22.7 Å². The highest BCUT2D eigenvalue weighted by molar-refractivity contribution is 5.75. The Bertz CT molecular complexity index is 429. The molecule has 1 rings (SSSR count). The van der Waals surface area contributed by atoms with E-state index in [1.165, 1.54) is 0 Å². The SMILES string of the molecule is CCCCC(C)(C)COC(=O)C1CCC(C(=O)OCC(C)(C)CCCC)CC1. The predicted molar refractivity (Wildman–Crippen MR) is 114 cm³/mol. The molecular weight excluding hydrogens is 352 g/mol. The summed E-state index contributed by atoms with van der Waals surface area (Å²) in [6.45, 7) is 14.0. The lowest BCUT2D eigenvalue weighted by atomic mass is 9.82. The highest BCUT2D eigenvalue weighted by Gasteiger charge is 2.33. The smallest absolute Gasteiger partial charge is 0.308 e. The average Bonchev–Trinajstić information content (AvgIpc) is 2.67. The van der Waals surface area contributed by atoms with Crippen molar-refractivity contribution in [3.8, 4) is 0 Å². The van der Waals surface area contributed by atoms with Crippen molar-refractivity contribution < 1.29 is 19.1 Å². The molecule has 1 saturated carbocycles. The van der Waals surface area contributed by atoms with Crippen molar-refractivity contribution >= 4 is 11.9 Å². The molecule has 0 radical (unpaired) electrons. The van der Waals surface area contributed by atoms with E-state index in [2.05, 4.69) is 41.5 Å². The topological polar surface area (TPSA) is 52.6 Å². The first-order valence-corrected chi connectivity index (χ1v) is 11.4. The van der Waals surface area contributed by atoms with Gasteiger partial charge in [0.05, 0.1) is 25.0 Å². The number of carbonyl (C=O) groups excluding carboxylic acids is 2. The Morgan fingerprint density at radius 2 is 1.04 bits per heavy atom. The number of ether oxygens (including phenoxy) is 2. The van der Waals surface area contributed by atoms with Crippen LogP contribution in [0.3, 0.4) is 0 Å². The second-order valence-electron chi connectivity index (χ2n) is 10.3. The van der Waals surface area contributed by atoms with Gasteiger partial charge in [0.1, 0.15) is 0 Å². The quantitative estimate of drug-likeness (QED) is 0.363. The van der Waals surface area contributed by atoms with Crippen molar-refractivity contribution in [1.29, 1.82) is 0 Å². The van der Waals surface area contributed by atoms with E-state index in [0.29, 0.717) is 13.2 Å². The van der Waals surface area contributed by atoms with Crippen molar-refractivity contribution in [3.63, 3.8) is 0 Å². The van der Waals surface area contributed by atoms with Crippen LogP contribution in [0.25, 0.3) is 0 Å². The monoisotopic (exact) mass is 396 g/mol. The van der Waals surface area contributed by atoms with Crippen LogP contribution in [0.1, 0.15) is 106 Å². The van der Waals surface area contributed by atoms with Gasteiger partial charge in [0.25, 0.3) is 0 Å². The number of hydrogen-bond acceptors (Lipinski definition) is 4. The fraction of sp³-hybridized carbons (Fsp3) is 0.917. The van der Waals surface area contributed by atoms with Crippen molar-refractivity contribution in [2.24, 2.45) is 22.7 Å². The van der Waals surface area contributed by atoms with Gasteiger partial charge in [0.15, 0.2) is 0 Å². The molecule has 0 bridgehead atoms. The van der Waals surface area contributed by atoms with Gasteiger partial charge in [0.2, 0.25) is 0 Å². The fourth-order valence-corrected chi connectivity index (χ4v) is 3.79. The molecule has 0 unspecified atom stereocenters. The lowest BCUT2D eigenvalue weighted by Gasteiger charge is -2.29. The Balaban J connectivity index is 2.33. The minimum atomic E-state index is -0.0860. The first-order valence-electron chi connectivity index (χ1n) is 11.4. The summed E-state index contributed by atoms with van der Waals surface area (Å²) in [6, 6.07) is 0. The van der Waals surface area contributed by atoms with Gasteiger partial charge in [0, 0.05) is 0 Å². The molecule has 1 fully saturated rings. The molecule has 4 nitrogen and oxygen atoms in total. The Labute approximate surface area is 173 Å². The maximum atomic E-state index is 12.4. The molecule has 1 aliphatic carbocycles. The van der Waals surface area contributed by atoms with Gasteiger partial charge in [-0.25, -0.2) is 0 Å².